The van der Waals surface area contributed by atoms with Crippen LogP contribution in [0.2, 0.25) is 0 Å². The highest BCUT2D eigenvalue weighted by Crippen LogP contribution is 2.19. The monoisotopic (exact) mass is 417 g/mol. The number of hydrogen-bond acceptors (Lipinski definition) is 4. The quantitative estimate of drug-likeness (QED) is 0.420. The number of aryl methyl sites for hydroxylation is 3. The van der Waals surface area contributed by atoms with E-state index in [-0.39, 0.29) is 18.1 Å². The molecule has 0 bridgehead atoms. The van der Waals surface area contributed by atoms with E-state index >= 15 is 0 Å². The summed E-state index contributed by atoms with van der Waals surface area (Å²) >= 11 is 0. The Hall–Kier alpha value is -3.61. The van der Waals surface area contributed by atoms with Gasteiger partial charge in [-0.1, -0.05) is 36.4 Å². The van der Waals surface area contributed by atoms with Gasteiger partial charge in [0, 0.05) is 29.1 Å². The molecule has 0 aliphatic rings. The first-order valence-electron chi connectivity index (χ1n) is 10.2. The minimum Gasteiger partial charge on any atom is -0.348 e. The Morgan fingerprint density at radius 3 is 2.52 bits per heavy atom. The molecule has 0 aliphatic carbocycles. The van der Waals surface area contributed by atoms with Crippen LogP contribution in [-0.2, 0) is 19.5 Å². The third-order valence-electron chi connectivity index (χ3n) is 5.54. The van der Waals surface area contributed by atoms with E-state index in [2.05, 4.69) is 20.0 Å². The summed E-state index contributed by atoms with van der Waals surface area (Å²) in [5, 5.41) is 12.5. The number of Topliss-reactive ketones (excluding diaryl/α,β-unsaturated/α-hetero) is 1. The molecule has 0 atom stereocenters. The third-order valence-corrected chi connectivity index (χ3v) is 5.54. The summed E-state index contributed by atoms with van der Waals surface area (Å²) in [6.07, 6.45) is 0.759. The molecule has 2 aromatic heterocycles. The van der Waals surface area contributed by atoms with Crippen LogP contribution < -0.4 is 0 Å². The highest BCUT2D eigenvalue weighted by Gasteiger charge is 2.18. The highest BCUT2D eigenvalue weighted by atomic mass is 19.1. The van der Waals surface area contributed by atoms with Crippen LogP contribution in [0.1, 0.15) is 32.9 Å². The zero-order valence-corrected chi connectivity index (χ0v) is 17.8. The lowest BCUT2D eigenvalue weighted by Gasteiger charge is -2.10. The molecule has 4 aromatic rings. The smallest absolute Gasteiger partial charge is 0.205 e. The Morgan fingerprint density at radius 1 is 1.03 bits per heavy atom. The van der Waals surface area contributed by atoms with Crippen LogP contribution in [-0.4, -0.2) is 30.6 Å². The normalized spacial score (nSPS) is 11.1. The van der Waals surface area contributed by atoms with E-state index in [9.17, 15) is 9.18 Å². The summed E-state index contributed by atoms with van der Waals surface area (Å²) in [7, 11) is 0. The molecule has 0 fully saturated rings. The van der Waals surface area contributed by atoms with Gasteiger partial charge in [-0.3, -0.25) is 4.79 Å². The van der Waals surface area contributed by atoms with E-state index in [0.29, 0.717) is 11.4 Å². The first-order valence-corrected chi connectivity index (χ1v) is 10.2. The molecular formula is C24H24FN5O. The molecule has 2 heterocycles. The summed E-state index contributed by atoms with van der Waals surface area (Å²) < 4.78 is 15.2. The summed E-state index contributed by atoms with van der Waals surface area (Å²) in [5.41, 5.74) is 5.58. The Balaban J connectivity index is 1.47. The Bertz CT molecular complexity index is 1220. The number of nitrogens with zero attached hydrogens (tertiary/aromatic N) is 5. The van der Waals surface area contributed by atoms with Crippen molar-refractivity contribution in [1.29, 1.82) is 0 Å². The van der Waals surface area contributed by atoms with Gasteiger partial charge in [-0.05, 0) is 61.7 Å². The fourth-order valence-corrected chi connectivity index (χ4v) is 3.77. The molecule has 0 N–H and O–H groups in total. The lowest BCUT2D eigenvalue weighted by Crippen LogP contribution is -2.14. The maximum atomic E-state index is 13.1. The van der Waals surface area contributed by atoms with Gasteiger partial charge in [-0.15, -0.1) is 10.2 Å². The van der Waals surface area contributed by atoms with Crippen LogP contribution in [0.25, 0.3) is 11.4 Å². The third kappa shape index (κ3) is 4.45. The summed E-state index contributed by atoms with van der Waals surface area (Å²) in [4.78, 5) is 14.3. The second-order valence-electron chi connectivity index (χ2n) is 7.69. The van der Waals surface area contributed by atoms with Gasteiger partial charge in [0.25, 0.3) is 0 Å². The number of benzene rings is 2. The second kappa shape index (κ2) is 8.63. The van der Waals surface area contributed by atoms with E-state index in [1.807, 2.05) is 51.1 Å². The van der Waals surface area contributed by atoms with Gasteiger partial charge in [0.05, 0.1) is 0 Å². The fraction of sp³-hybridized carbons (Fsp3) is 0.250. The van der Waals surface area contributed by atoms with E-state index in [1.54, 1.807) is 12.1 Å². The van der Waals surface area contributed by atoms with E-state index in [0.717, 1.165) is 41.0 Å². The van der Waals surface area contributed by atoms with Gasteiger partial charge in [0.15, 0.2) is 5.78 Å². The van der Waals surface area contributed by atoms with Crippen LogP contribution in [0.3, 0.4) is 0 Å². The van der Waals surface area contributed by atoms with Crippen molar-refractivity contribution in [3.63, 3.8) is 0 Å². The summed E-state index contributed by atoms with van der Waals surface area (Å²) in [5.74, 6) is 0.211. The minimum atomic E-state index is -0.239. The molecule has 0 amide bonds. The van der Waals surface area contributed by atoms with Gasteiger partial charge >= 0.3 is 0 Å². The van der Waals surface area contributed by atoms with Crippen molar-refractivity contribution in [2.24, 2.45) is 0 Å². The van der Waals surface area contributed by atoms with Crippen molar-refractivity contribution in [3.8, 4) is 11.4 Å². The maximum Gasteiger partial charge on any atom is 0.205 e. The zero-order chi connectivity index (χ0) is 22.0. The Morgan fingerprint density at radius 2 is 1.77 bits per heavy atom. The largest absolute Gasteiger partial charge is 0.348 e. The van der Waals surface area contributed by atoms with E-state index in [4.69, 9.17) is 0 Å². The molecule has 4 rings (SSSR count). The van der Waals surface area contributed by atoms with E-state index in [1.165, 1.54) is 16.9 Å². The number of hydrogen-bond donors (Lipinski definition) is 0. The van der Waals surface area contributed by atoms with Gasteiger partial charge in [-0.25, -0.2) is 4.39 Å². The molecule has 31 heavy (non-hydrogen) atoms. The van der Waals surface area contributed by atoms with Crippen LogP contribution in [0.4, 0.5) is 4.39 Å². The van der Waals surface area contributed by atoms with Crippen molar-refractivity contribution in [3.05, 3.63) is 88.5 Å². The number of halogens is 1. The van der Waals surface area contributed by atoms with Crippen molar-refractivity contribution in [2.75, 3.05) is 0 Å². The van der Waals surface area contributed by atoms with Gasteiger partial charge in [0.1, 0.15) is 12.4 Å². The van der Waals surface area contributed by atoms with Gasteiger partial charge in [-0.2, -0.15) is 4.80 Å². The molecule has 0 saturated heterocycles. The molecule has 0 spiro atoms. The standard InChI is InChI=1S/C24H24FN5O/c1-16-6-4-5-7-21(16)24-26-28-30(27-24)15-23(31)22-14-17(2)29(18(22)3)13-12-19-8-10-20(25)11-9-19/h4-11,14H,12-13,15H2,1-3H3. The molecule has 2 aromatic carbocycles. The molecule has 0 unspecified atom stereocenters. The predicted molar refractivity (Wildman–Crippen MR) is 116 cm³/mol. The average Bonchev–Trinajstić information content (AvgIpc) is 3.32. The molecule has 158 valence electrons. The molecule has 0 aliphatic heterocycles. The maximum absolute atomic E-state index is 13.1. The second-order valence-corrected chi connectivity index (χ2v) is 7.69. The average molecular weight is 417 g/mol. The number of ketones is 1. The van der Waals surface area contributed by atoms with E-state index < -0.39 is 0 Å². The number of tetrazole rings is 1. The molecule has 7 heteroatoms. The number of carbonyl (C=O) groups excluding carboxylic acids is 1. The molecular weight excluding hydrogens is 393 g/mol. The number of aromatic nitrogens is 5. The van der Waals surface area contributed by atoms with Crippen LogP contribution >= 0.6 is 0 Å². The first kappa shape index (κ1) is 20.7. The van der Waals surface area contributed by atoms with Crippen molar-refractivity contribution in [2.45, 2.75) is 40.3 Å². The van der Waals surface area contributed by atoms with Crippen molar-refractivity contribution in [1.82, 2.24) is 24.8 Å². The number of rotatable bonds is 7. The Labute approximate surface area is 180 Å². The molecule has 6 nitrogen and oxygen atoms in total. The van der Waals surface area contributed by atoms with Crippen LogP contribution in [0.15, 0.2) is 54.6 Å². The lowest BCUT2D eigenvalue weighted by molar-refractivity contribution is 0.0960. The predicted octanol–water partition coefficient (Wildman–Crippen LogP) is 4.33. The molecule has 0 saturated carbocycles. The number of carbonyl (C=O) groups is 1. The first-order chi connectivity index (χ1) is 14.9. The van der Waals surface area contributed by atoms with Gasteiger partial charge < -0.3 is 4.57 Å². The SMILES string of the molecule is Cc1ccccc1-c1nnn(CC(=O)c2cc(C)n(CCc3ccc(F)cc3)c2C)n1. The highest BCUT2D eigenvalue weighted by molar-refractivity contribution is 5.97. The summed E-state index contributed by atoms with van der Waals surface area (Å²) in [6, 6.07) is 16.2. The minimum absolute atomic E-state index is 0.0289. The summed E-state index contributed by atoms with van der Waals surface area (Å²) in [6.45, 7) is 6.66. The van der Waals surface area contributed by atoms with Crippen LogP contribution in [0.5, 0.6) is 0 Å². The van der Waals surface area contributed by atoms with Crippen LogP contribution in [0, 0.1) is 26.6 Å². The van der Waals surface area contributed by atoms with Gasteiger partial charge in [0.2, 0.25) is 5.82 Å². The lowest BCUT2D eigenvalue weighted by atomic mass is 10.1. The van der Waals surface area contributed by atoms with Crippen molar-refractivity contribution < 1.29 is 9.18 Å². The topological polar surface area (TPSA) is 65.6 Å². The fourth-order valence-electron chi connectivity index (χ4n) is 3.77. The Kier molecular flexibility index (Phi) is 5.75. The van der Waals surface area contributed by atoms with Crippen molar-refractivity contribution >= 4 is 5.78 Å². The molecule has 0 radical (unpaired) electrons. The zero-order valence-electron chi connectivity index (χ0n) is 17.8.